The molecule has 0 amide bonds. The number of pyridine rings is 2. The van der Waals surface area contributed by atoms with Gasteiger partial charge in [-0.1, -0.05) is 11.6 Å². The average Bonchev–Trinajstić information content (AvgIpc) is 2.08. The number of nitrogens with zero attached hydrogens (tertiary/aromatic N) is 2. The van der Waals surface area contributed by atoms with Gasteiger partial charge in [0, 0.05) is 17.6 Å². The topological polar surface area (TPSA) is 51.8 Å². The third-order valence-corrected chi connectivity index (χ3v) is 2.49. The second kappa shape index (κ2) is 3.12. The molecule has 0 bridgehead atoms. The highest BCUT2D eigenvalue weighted by Crippen LogP contribution is 2.23. The van der Waals surface area contributed by atoms with E-state index in [0.717, 1.165) is 15.4 Å². The summed E-state index contributed by atoms with van der Waals surface area (Å²) in [6.07, 6.45) is 1.66. The summed E-state index contributed by atoms with van der Waals surface area (Å²) in [5.41, 5.74) is 6.37. The van der Waals surface area contributed by atoms with Crippen LogP contribution in [0.15, 0.2) is 22.8 Å². The fraction of sp³-hybridized carbons (Fsp3) is 0. The van der Waals surface area contributed by atoms with Crippen molar-refractivity contribution in [2.45, 2.75) is 0 Å². The molecule has 0 aliphatic rings. The van der Waals surface area contributed by atoms with E-state index in [2.05, 4.69) is 25.9 Å². The Morgan fingerprint density at radius 1 is 1.38 bits per heavy atom. The van der Waals surface area contributed by atoms with Crippen molar-refractivity contribution in [3.8, 4) is 0 Å². The molecule has 0 aliphatic carbocycles. The van der Waals surface area contributed by atoms with Gasteiger partial charge in [0.1, 0.15) is 11.0 Å². The number of aromatic nitrogens is 2. The summed E-state index contributed by atoms with van der Waals surface area (Å²) in [5.74, 6) is 0.453. The molecule has 0 saturated carbocycles. The molecule has 0 unspecified atom stereocenters. The Hall–Kier alpha value is -0.870. The lowest BCUT2D eigenvalue weighted by Crippen LogP contribution is -1.92. The summed E-state index contributed by atoms with van der Waals surface area (Å²) in [5, 5.41) is 1.33. The Morgan fingerprint density at radius 2 is 2.15 bits per heavy atom. The molecule has 0 aromatic carbocycles. The summed E-state index contributed by atoms with van der Waals surface area (Å²) >= 11 is 8.99. The summed E-state index contributed by atoms with van der Waals surface area (Å²) < 4.78 is 0.768. The summed E-state index contributed by atoms with van der Waals surface area (Å²) in [4.78, 5) is 8.08. The Labute approximate surface area is 88.1 Å². The van der Waals surface area contributed by atoms with Gasteiger partial charge in [-0.25, -0.2) is 9.97 Å². The molecule has 5 heteroatoms. The van der Waals surface area contributed by atoms with Crippen LogP contribution in [0.1, 0.15) is 0 Å². The van der Waals surface area contributed by atoms with Crippen LogP contribution in [0.25, 0.3) is 10.9 Å². The van der Waals surface area contributed by atoms with Crippen LogP contribution in [0, 0.1) is 0 Å². The van der Waals surface area contributed by atoms with Gasteiger partial charge in [0.25, 0.3) is 0 Å². The lowest BCUT2D eigenvalue weighted by Gasteiger charge is -2.00. The van der Waals surface area contributed by atoms with Crippen molar-refractivity contribution in [2.24, 2.45) is 0 Å². The molecular formula is C8H5BrClN3. The fourth-order valence-corrected chi connectivity index (χ4v) is 1.52. The van der Waals surface area contributed by atoms with Crippen LogP contribution >= 0.6 is 27.5 Å². The number of hydrogen-bond donors (Lipinski definition) is 1. The number of nitrogen functional groups attached to an aromatic ring is 1. The van der Waals surface area contributed by atoms with E-state index in [1.54, 1.807) is 12.3 Å². The van der Waals surface area contributed by atoms with Gasteiger partial charge in [-0.05, 0) is 22.0 Å². The van der Waals surface area contributed by atoms with Crippen LogP contribution in [0.3, 0.4) is 0 Å². The molecule has 0 atom stereocenters. The van der Waals surface area contributed by atoms with Gasteiger partial charge in [-0.15, -0.1) is 0 Å². The van der Waals surface area contributed by atoms with Gasteiger partial charge in [-0.3, -0.25) is 0 Å². The van der Waals surface area contributed by atoms with E-state index in [1.165, 1.54) is 0 Å². The number of rotatable bonds is 0. The van der Waals surface area contributed by atoms with E-state index in [1.807, 2.05) is 6.07 Å². The maximum Gasteiger partial charge on any atom is 0.138 e. The minimum Gasteiger partial charge on any atom is -0.383 e. The molecule has 0 saturated heterocycles. The number of nitrogens with two attached hydrogens (primary N) is 1. The largest absolute Gasteiger partial charge is 0.383 e. The van der Waals surface area contributed by atoms with Gasteiger partial charge >= 0.3 is 0 Å². The average molecular weight is 259 g/mol. The van der Waals surface area contributed by atoms with E-state index in [9.17, 15) is 0 Å². The normalized spacial score (nSPS) is 10.6. The Kier molecular flexibility index (Phi) is 2.09. The van der Waals surface area contributed by atoms with E-state index in [4.69, 9.17) is 17.3 Å². The molecule has 2 aromatic heterocycles. The first-order chi connectivity index (χ1) is 6.16. The Bertz CT molecular complexity index is 472. The summed E-state index contributed by atoms with van der Waals surface area (Å²) in [6.45, 7) is 0. The molecular weight excluding hydrogens is 253 g/mol. The first kappa shape index (κ1) is 8.72. The zero-order valence-electron chi connectivity index (χ0n) is 6.46. The van der Waals surface area contributed by atoms with Gasteiger partial charge in [0.2, 0.25) is 0 Å². The minimum absolute atomic E-state index is 0.418. The molecule has 13 heavy (non-hydrogen) atoms. The lowest BCUT2D eigenvalue weighted by atomic mass is 10.3. The summed E-state index contributed by atoms with van der Waals surface area (Å²) in [7, 11) is 0. The lowest BCUT2D eigenvalue weighted by molar-refractivity contribution is 1.32. The summed E-state index contributed by atoms with van der Waals surface area (Å²) in [6, 6.07) is 3.54. The van der Waals surface area contributed by atoms with Crippen LogP contribution < -0.4 is 5.73 Å². The third-order valence-electron chi connectivity index (χ3n) is 1.65. The SMILES string of the molecule is Nc1nc2cc(Cl)ncc2cc1Br. The molecule has 0 aliphatic heterocycles. The van der Waals surface area contributed by atoms with E-state index in [0.29, 0.717) is 11.0 Å². The standard InChI is InChI=1S/C8H5BrClN3/c9-5-1-4-3-12-7(10)2-6(4)13-8(5)11/h1-3H,(H2,11,13). The smallest absolute Gasteiger partial charge is 0.138 e. The zero-order chi connectivity index (χ0) is 9.42. The predicted octanol–water partition coefficient (Wildman–Crippen LogP) is 2.63. The number of halogens is 2. The highest BCUT2D eigenvalue weighted by molar-refractivity contribution is 9.10. The molecule has 0 radical (unpaired) electrons. The molecule has 2 heterocycles. The zero-order valence-corrected chi connectivity index (χ0v) is 8.80. The first-order valence-corrected chi connectivity index (χ1v) is 4.71. The molecule has 2 aromatic rings. The maximum atomic E-state index is 5.71. The molecule has 66 valence electrons. The van der Waals surface area contributed by atoms with Crippen molar-refractivity contribution in [3.63, 3.8) is 0 Å². The number of anilines is 1. The number of hydrogen-bond acceptors (Lipinski definition) is 3. The van der Waals surface area contributed by atoms with Gasteiger partial charge in [0.05, 0.1) is 9.99 Å². The van der Waals surface area contributed by atoms with E-state index in [-0.39, 0.29) is 0 Å². The van der Waals surface area contributed by atoms with E-state index >= 15 is 0 Å². The van der Waals surface area contributed by atoms with Crippen LogP contribution in [-0.4, -0.2) is 9.97 Å². The number of fused-ring (bicyclic) bond motifs is 1. The van der Waals surface area contributed by atoms with Crippen molar-refractivity contribution in [1.29, 1.82) is 0 Å². The highest BCUT2D eigenvalue weighted by Gasteiger charge is 2.01. The van der Waals surface area contributed by atoms with Crippen LogP contribution in [-0.2, 0) is 0 Å². The quantitative estimate of drug-likeness (QED) is 0.739. The van der Waals surface area contributed by atoms with Crippen LogP contribution in [0.2, 0.25) is 5.15 Å². The molecule has 2 rings (SSSR count). The second-order valence-corrected chi connectivity index (χ2v) is 3.80. The van der Waals surface area contributed by atoms with Crippen molar-refractivity contribution >= 4 is 44.3 Å². The highest BCUT2D eigenvalue weighted by atomic mass is 79.9. The monoisotopic (exact) mass is 257 g/mol. The molecule has 0 fully saturated rings. The molecule has 3 nitrogen and oxygen atoms in total. The van der Waals surface area contributed by atoms with Crippen LogP contribution in [0.4, 0.5) is 5.82 Å². The van der Waals surface area contributed by atoms with Crippen LogP contribution in [0.5, 0.6) is 0 Å². The predicted molar refractivity (Wildman–Crippen MR) is 56.7 cm³/mol. The van der Waals surface area contributed by atoms with Crippen molar-refractivity contribution in [3.05, 3.63) is 28.0 Å². The fourth-order valence-electron chi connectivity index (χ4n) is 1.03. The second-order valence-electron chi connectivity index (χ2n) is 2.56. The van der Waals surface area contributed by atoms with E-state index < -0.39 is 0 Å². The van der Waals surface area contributed by atoms with Crippen molar-refractivity contribution < 1.29 is 0 Å². The van der Waals surface area contributed by atoms with Crippen molar-refractivity contribution in [2.75, 3.05) is 5.73 Å². The first-order valence-electron chi connectivity index (χ1n) is 3.54. The Morgan fingerprint density at radius 3 is 2.92 bits per heavy atom. The maximum absolute atomic E-state index is 5.71. The Balaban J connectivity index is 2.81. The minimum atomic E-state index is 0.418. The van der Waals surface area contributed by atoms with Crippen molar-refractivity contribution in [1.82, 2.24) is 9.97 Å². The molecule has 0 spiro atoms. The van der Waals surface area contributed by atoms with Gasteiger partial charge < -0.3 is 5.73 Å². The third kappa shape index (κ3) is 1.59. The molecule has 2 N–H and O–H groups in total. The van der Waals surface area contributed by atoms with Gasteiger partial charge in [-0.2, -0.15) is 0 Å². The van der Waals surface area contributed by atoms with Gasteiger partial charge in [0.15, 0.2) is 0 Å².